The molecule has 2 nitrogen and oxygen atoms in total. The monoisotopic (exact) mass is 364 g/mol. The van der Waals surface area contributed by atoms with Gasteiger partial charge in [-0.2, -0.15) is 0 Å². The maximum atomic E-state index is 5.98. The molecule has 1 aliphatic heterocycles. The van der Waals surface area contributed by atoms with Gasteiger partial charge in [0, 0.05) is 5.56 Å². The van der Waals surface area contributed by atoms with Crippen LogP contribution in [0.2, 0.25) is 0 Å². The Hall–Kier alpha value is -1.96. The molecule has 0 fully saturated rings. The Kier molecular flexibility index (Phi) is 4.92. The molecule has 4 rings (SSSR count). The van der Waals surface area contributed by atoms with Crippen molar-refractivity contribution in [1.29, 1.82) is 0 Å². The lowest BCUT2D eigenvalue weighted by molar-refractivity contribution is 0.169. The Balaban J connectivity index is 1.70. The summed E-state index contributed by atoms with van der Waals surface area (Å²) in [6.07, 6.45) is 6.17. The van der Waals surface area contributed by atoms with Crippen LogP contribution in [0.3, 0.4) is 0 Å². The van der Waals surface area contributed by atoms with Gasteiger partial charge in [-0.05, 0) is 71.8 Å². The first-order chi connectivity index (χ1) is 12.9. The standard InChI is InChI=1S/C25H32O2/c1-17(21-10-7-11-23-24(21)27-13-12-26-23)14-19-16-20(25(2,3)4)15-18-8-5-6-9-22(18)19/h7,10-11,15-17H,5-6,8-9,12-14H2,1-4H3. The van der Waals surface area contributed by atoms with Crippen molar-refractivity contribution in [2.75, 3.05) is 13.2 Å². The molecule has 0 bridgehead atoms. The van der Waals surface area contributed by atoms with E-state index in [1.54, 1.807) is 16.7 Å². The van der Waals surface area contributed by atoms with Crippen molar-refractivity contribution in [1.82, 2.24) is 0 Å². The van der Waals surface area contributed by atoms with Gasteiger partial charge in [0.2, 0.25) is 0 Å². The third kappa shape index (κ3) is 3.72. The molecular formula is C25H32O2. The highest BCUT2D eigenvalue weighted by atomic mass is 16.6. The van der Waals surface area contributed by atoms with E-state index in [4.69, 9.17) is 9.47 Å². The minimum atomic E-state index is 0.188. The fourth-order valence-corrected chi connectivity index (χ4v) is 4.50. The molecule has 1 heterocycles. The number of fused-ring (bicyclic) bond motifs is 2. The van der Waals surface area contributed by atoms with E-state index >= 15 is 0 Å². The number of benzene rings is 2. The number of hydrogen-bond donors (Lipinski definition) is 0. The molecule has 1 aliphatic carbocycles. The van der Waals surface area contributed by atoms with Crippen LogP contribution in [0.15, 0.2) is 30.3 Å². The Bertz CT molecular complexity index is 829. The maximum Gasteiger partial charge on any atom is 0.164 e. The SMILES string of the molecule is CC(Cc1cc(C(C)(C)C)cc2c1CCCC2)c1cccc2c1OCCO2. The van der Waals surface area contributed by atoms with Gasteiger partial charge in [0.05, 0.1) is 0 Å². The number of para-hydroxylation sites is 1. The molecule has 2 aromatic carbocycles. The Morgan fingerprint density at radius 1 is 1.00 bits per heavy atom. The van der Waals surface area contributed by atoms with Crippen LogP contribution in [0, 0.1) is 0 Å². The second kappa shape index (κ2) is 7.22. The first-order valence-corrected chi connectivity index (χ1v) is 10.5. The van der Waals surface area contributed by atoms with Crippen molar-refractivity contribution in [2.24, 2.45) is 0 Å². The van der Waals surface area contributed by atoms with E-state index in [0.717, 1.165) is 17.9 Å². The molecule has 0 saturated carbocycles. The summed E-state index contributed by atoms with van der Waals surface area (Å²) in [5, 5.41) is 0. The first kappa shape index (κ1) is 18.4. The van der Waals surface area contributed by atoms with Crippen LogP contribution >= 0.6 is 0 Å². The smallest absolute Gasteiger partial charge is 0.164 e. The summed E-state index contributed by atoms with van der Waals surface area (Å²) >= 11 is 0. The van der Waals surface area contributed by atoms with Crippen molar-refractivity contribution >= 4 is 0 Å². The second-order valence-electron chi connectivity index (χ2n) is 9.21. The molecule has 0 aromatic heterocycles. The van der Waals surface area contributed by atoms with E-state index < -0.39 is 0 Å². The van der Waals surface area contributed by atoms with Gasteiger partial charge in [-0.1, -0.05) is 52.0 Å². The molecule has 0 amide bonds. The zero-order valence-corrected chi connectivity index (χ0v) is 17.2. The van der Waals surface area contributed by atoms with Crippen molar-refractivity contribution in [2.45, 2.75) is 71.1 Å². The third-order valence-corrected chi connectivity index (χ3v) is 6.08. The van der Waals surface area contributed by atoms with E-state index in [9.17, 15) is 0 Å². The number of ether oxygens (including phenoxy) is 2. The molecule has 0 saturated heterocycles. The second-order valence-corrected chi connectivity index (χ2v) is 9.21. The van der Waals surface area contributed by atoms with Gasteiger partial charge in [0.1, 0.15) is 13.2 Å². The van der Waals surface area contributed by atoms with Crippen LogP contribution < -0.4 is 9.47 Å². The summed E-state index contributed by atoms with van der Waals surface area (Å²) < 4.78 is 11.8. The highest BCUT2D eigenvalue weighted by Crippen LogP contribution is 2.40. The molecule has 1 atom stereocenters. The van der Waals surface area contributed by atoms with Gasteiger partial charge in [-0.3, -0.25) is 0 Å². The van der Waals surface area contributed by atoms with Gasteiger partial charge < -0.3 is 9.47 Å². The Labute approximate surface area is 163 Å². The van der Waals surface area contributed by atoms with Crippen LogP contribution in [0.4, 0.5) is 0 Å². The lowest BCUT2D eigenvalue weighted by atomic mass is 9.78. The normalized spacial score (nSPS) is 17.3. The molecule has 2 heteroatoms. The molecule has 0 spiro atoms. The van der Waals surface area contributed by atoms with E-state index in [2.05, 4.69) is 52.0 Å². The zero-order chi connectivity index (χ0) is 19.0. The van der Waals surface area contributed by atoms with E-state index in [1.807, 2.05) is 6.07 Å². The quantitative estimate of drug-likeness (QED) is 0.667. The molecule has 1 unspecified atom stereocenters. The fourth-order valence-electron chi connectivity index (χ4n) is 4.50. The van der Waals surface area contributed by atoms with Crippen molar-refractivity contribution in [3.63, 3.8) is 0 Å². The Morgan fingerprint density at radius 3 is 2.59 bits per heavy atom. The van der Waals surface area contributed by atoms with Gasteiger partial charge >= 0.3 is 0 Å². The summed E-state index contributed by atoms with van der Waals surface area (Å²) in [5.74, 6) is 2.26. The van der Waals surface area contributed by atoms with Gasteiger partial charge in [0.15, 0.2) is 11.5 Å². The topological polar surface area (TPSA) is 18.5 Å². The van der Waals surface area contributed by atoms with E-state index in [-0.39, 0.29) is 5.41 Å². The lowest BCUT2D eigenvalue weighted by Gasteiger charge is -2.28. The predicted octanol–water partition coefficient (Wildman–Crippen LogP) is 5.98. The van der Waals surface area contributed by atoms with E-state index in [1.165, 1.54) is 36.8 Å². The highest BCUT2D eigenvalue weighted by molar-refractivity contribution is 5.50. The predicted molar refractivity (Wildman–Crippen MR) is 111 cm³/mol. The summed E-state index contributed by atoms with van der Waals surface area (Å²) in [5.41, 5.74) is 7.68. The van der Waals surface area contributed by atoms with Crippen molar-refractivity contribution in [3.05, 3.63) is 58.1 Å². The highest BCUT2D eigenvalue weighted by Gasteiger charge is 2.24. The van der Waals surface area contributed by atoms with Crippen LogP contribution in [0.5, 0.6) is 11.5 Å². The van der Waals surface area contributed by atoms with Crippen LogP contribution in [0.1, 0.15) is 74.3 Å². The summed E-state index contributed by atoms with van der Waals surface area (Å²) in [6.45, 7) is 10.6. The fraction of sp³-hybridized carbons (Fsp3) is 0.520. The average Bonchev–Trinajstić information content (AvgIpc) is 2.66. The van der Waals surface area contributed by atoms with Gasteiger partial charge in [-0.25, -0.2) is 0 Å². The minimum absolute atomic E-state index is 0.188. The molecule has 2 aromatic rings. The third-order valence-electron chi connectivity index (χ3n) is 6.08. The Morgan fingerprint density at radius 2 is 1.78 bits per heavy atom. The summed E-state index contributed by atoms with van der Waals surface area (Å²) in [6, 6.07) is 11.3. The zero-order valence-electron chi connectivity index (χ0n) is 17.2. The first-order valence-electron chi connectivity index (χ1n) is 10.5. The maximum absolute atomic E-state index is 5.98. The molecule has 27 heavy (non-hydrogen) atoms. The number of hydrogen-bond acceptors (Lipinski definition) is 2. The summed E-state index contributed by atoms with van der Waals surface area (Å²) in [4.78, 5) is 0. The van der Waals surface area contributed by atoms with Gasteiger partial charge in [0.25, 0.3) is 0 Å². The lowest BCUT2D eigenvalue weighted by Crippen LogP contribution is -2.18. The molecule has 0 N–H and O–H groups in total. The van der Waals surface area contributed by atoms with Crippen LogP contribution in [0.25, 0.3) is 0 Å². The van der Waals surface area contributed by atoms with Crippen LogP contribution in [-0.2, 0) is 24.7 Å². The van der Waals surface area contributed by atoms with Crippen molar-refractivity contribution in [3.8, 4) is 11.5 Å². The molecular weight excluding hydrogens is 332 g/mol. The molecule has 144 valence electrons. The molecule has 2 aliphatic rings. The van der Waals surface area contributed by atoms with E-state index in [0.29, 0.717) is 19.1 Å². The van der Waals surface area contributed by atoms with Crippen molar-refractivity contribution < 1.29 is 9.47 Å². The summed E-state index contributed by atoms with van der Waals surface area (Å²) in [7, 11) is 0. The van der Waals surface area contributed by atoms with Gasteiger partial charge in [-0.15, -0.1) is 0 Å². The largest absolute Gasteiger partial charge is 0.486 e. The molecule has 0 radical (unpaired) electrons. The number of aryl methyl sites for hydroxylation is 1. The number of rotatable bonds is 3. The average molecular weight is 365 g/mol. The minimum Gasteiger partial charge on any atom is -0.486 e. The van der Waals surface area contributed by atoms with Crippen LogP contribution in [-0.4, -0.2) is 13.2 Å².